The Morgan fingerprint density at radius 2 is 1.75 bits per heavy atom. The zero-order valence-electron chi connectivity index (χ0n) is 4.98. The summed E-state index contributed by atoms with van der Waals surface area (Å²) < 4.78 is 0. The second-order valence-electron chi connectivity index (χ2n) is 2.98. The van der Waals surface area contributed by atoms with Gasteiger partial charge in [0, 0.05) is 0 Å². The van der Waals surface area contributed by atoms with E-state index in [1.165, 1.54) is 33.7 Å². The van der Waals surface area contributed by atoms with Gasteiger partial charge in [-0.15, -0.1) is 8.58 Å². The fourth-order valence-electron chi connectivity index (χ4n) is 1.52. The summed E-state index contributed by atoms with van der Waals surface area (Å²) in [5.41, 5.74) is 0.818. The molecule has 0 atom stereocenters. The molecule has 0 saturated carbocycles. The zero-order valence-corrected chi connectivity index (χ0v) is 5.98. The smallest absolute Gasteiger partial charge is 0.0155 e. The standard InChI is InChI=1S/C7H11P/c1-2-4-7(3-1)5-8-6-7/h1-2,8H,3-6H2. The molecule has 0 unspecified atom stereocenters. The first-order valence-corrected chi connectivity index (χ1v) is 4.69. The van der Waals surface area contributed by atoms with Crippen LogP contribution in [0.1, 0.15) is 12.8 Å². The van der Waals surface area contributed by atoms with E-state index in [0.29, 0.717) is 0 Å². The Balaban J connectivity index is 2.06. The van der Waals surface area contributed by atoms with E-state index in [-0.39, 0.29) is 0 Å². The minimum atomic E-state index is 0.818. The average molecular weight is 126 g/mol. The topological polar surface area (TPSA) is 0 Å². The molecule has 44 valence electrons. The van der Waals surface area contributed by atoms with Gasteiger partial charge < -0.3 is 0 Å². The summed E-state index contributed by atoms with van der Waals surface area (Å²) in [5, 5.41) is 0. The van der Waals surface area contributed by atoms with Crippen molar-refractivity contribution in [3.8, 4) is 0 Å². The maximum atomic E-state index is 2.35. The van der Waals surface area contributed by atoms with Crippen LogP contribution in [0.3, 0.4) is 0 Å². The molecule has 1 fully saturated rings. The van der Waals surface area contributed by atoms with Crippen molar-refractivity contribution in [1.82, 2.24) is 0 Å². The third-order valence-electron chi connectivity index (χ3n) is 2.27. The minimum absolute atomic E-state index is 0.818. The summed E-state index contributed by atoms with van der Waals surface area (Å²) >= 11 is 0. The van der Waals surface area contributed by atoms with Crippen molar-refractivity contribution >= 4 is 8.58 Å². The monoisotopic (exact) mass is 126 g/mol. The van der Waals surface area contributed by atoms with Crippen LogP contribution < -0.4 is 0 Å². The van der Waals surface area contributed by atoms with Crippen LogP contribution in [-0.2, 0) is 0 Å². The van der Waals surface area contributed by atoms with Gasteiger partial charge in [0.2, 0.25) is 0 Å². The molecule has 0 aromatic carbocycles. The van der Waals surface area contributed by atoms with E-state index in [1.807, 2.05) is 0 Å². The zero-order chi connectivity index (χ0) is 5.45. The van der Waals surface area contributed by atoms with E-state index in [0.717, 1.165) is 5.41 Å². The minimum Gasteiger partial charge on any atom is -0.121 e. The van der Waals surface area contributed by atoms with Crippen LogP contribution in [0.2, 0.25) is 0 Å². The van der Waals surface area contributed by atoms with Crippen LogP contribution in [0.4, 0.5) is 0 Å². The molecule has 1 aliphatic carbocycles. The summed E-state index contributed by atoms with van der Waals surface area (Å²) in [6.07, 6.45) is 10.5. The molecule has 1 saturated heterocycles. The van der Waals surface area contributed by atoms with Gasteiger partial charge in [-0.2, -0.15) is 0 Å². The van der Waals surface area contributed by atoms with Crippen LogP contribution in [-0.4, -0.2) is 12.3 Å². The fourth-order valence-corrected chi connectivity index (χ4v) is 3.05. The molecule has 1 heteroatoms. The van der Waals surface area contributed by atoms with Gasteiger partial charge in [-0.1, -0.05) is 12.2 Å². The van der Waals surface area contributed by atoms with E-state index in [9.17, 15) is 0 Å². The average Bonchev–Trinajstić information content (AvgIpc) is 2.07. The SMILES string of the molecule is C1=CCC2(C1)CPC2. The predicted octanol–water partition coefficient (Wildman–Crippen LogP) is 2.01. The van der Waals surface area contributed by atoms with Crippen molar-refractivity contribution in [2.45, 2.75) is 12.8 Å². The third kappa shape index (κ3) is 0.559. The maximum Gasteiger partial charge on any atom is -0.0155 e. The molecule has 1 heterocycles. The molecule has 2 rings (SSSR count). The summed E-state index contributed by atoms with van der Waals surface area (Å²) in [5.74, 6) is 0. The van der Waals surface area contributed by atoms with Crippen molar-refractivity contribution in [3.05, 3.63) is 12.2 Å². The van der Waals surface area contributed by atoms with E-state index < -0.39 is 0 Å². The molecule has 2 aliphatic rings. The lowest BCUT2D eigenvalue weighted by atomic mass is 9.89. The van der Waals surface area contributed by atoms with Crippen LogP contribution in [0.5, 0.6) is 0 Å². The summed E-state index contributed by atoms with van der Waals surface area (Å²) in [6, 6.07) is 0. The highest BCUT2D eigenvalue weighted by molar-refractivity contribution is 7.40. The lowest BCUT2D eigenvalue weighted by Gasteiger charge is -2.38. The highest BCUT2D eigenvalue weighted by Gasteiger charge is 2.36. The molecule has 0 N–H and O–H groups in total. The number of hydrogen-bond donors (Lipinski definition) is 0. The number of hydrogen-bond acceptors (Lipinski definition) is 0. The number of allylic oxidation sites excluding steroid dienone is 2. The number of rotatable bonds is 0. The van der Waals surface area contributed by atoms with E-state index in [4.69, 9.17) is 0 Å². The maximum absolute atomic E-state index is 2.35. The van der Waals surface area contributed by atoms with Crippen LogP contribution in [0.15, 0.2) is 12.2 Å². The Labute approximate surface area is 52.1 Å². The van der Waals surface area contributed by atoms with E-state index in [1.54, 1.807) is 0 Å². The first kappa shape index (κ1) is 4.99. The molecule has 0 radical (unpaired) electrons. The Morgan fingerprint density at radius 1 is 1.12 bits per heavy atom. The molecule has 0 nitrogen and oxygen atoms in total. The normalized spacial score (nSPS) is 31.0. The molecule has 0 aromatic heterocycles. The van der Waals surface area contributed by atoms with Gasteiger partial charge in [0.15, 0.2) is 0 Å². The quantitative estimate of drug-likeness (QED) is 0.344. The molecule has 0 aromatic rings. The van der Waals surface area contributed by atoms with Gasteiger partial charge in [-0.3, -0.25) is 0 Å². The van der Waals surface area contributed by atoms with Gasteiger partial charge >= 0.3 is 0 Å². The van der Waals surface area contributed by atoms with Crippen molar-refractivity contribution in [2.24, 2.45) is 5.41 Å². The molecule has 0 bridgehead atoms. The summed E-state index contributed by atoms with van der Waals surface area (Å²) in [7, 11) is 1.29. The van der Waals surface area contributed by atoms with Crippen LogP contribution in [0.25, 0.3) is 0 Å². The van der Waals surface area contributed by atoms with Gasteiger partial charge in [-0.25, -0.2) is 0 Å². The Hall–Kier alpha value is 0.170. The molecule has 1 spiro atoms. The molecular formula is C7H11P. The van der Waals surface area contributed by atoms with Gasteiger partial charge in [-0.05, 0) is 30.6 Å². The Morgan fingerprint density at radius 3 is 2.00 bits per heavy atom. The molecule has 1 aliphatic heterocycles. The first-order chi connectivity index (χ1) is 3.91. The van der Waals surface area contributed by atoms with Crippen molar-refractivity contribution in [2.75, 3.05) is 12.3 Å². The third-order valence-corrected chi connectivity index (χ3v) is 4.27. The highest BCUT2D eigenvalue weighted by Crippen LogP contribution is 2.50. The lowest BCUT2D eigenvalue weighted by Crippen LogP contribution is -2.30. The Bertz CT molecular complexity index is 112. The van der Waals surface area contributed by atoms with Gasteiger partial charge in [0.25, 0.3) is 0 Å². The predicted molar refractivity (Wildman–Crippen MR) is 38.9 cm³/mol. The second kappa shape index (κ2) is 1.57. The lowest BCUT2D eigenvalue weighted by molar-refractivity contribution is 0.387. The van der Waals surface area contributed by atoms with Gasteiger partial charge in [0.1, 0.15) is 0 Å². The van der Waals surface area contributed by atoms with Crippen molar-refractivity contribution in [1.29, 1.82) is 0 Å². The van der Waals surface area contributed by atoms with Crippen LogP contribution >= 0.6 is 8.58 Å². The Kier molecular flexibility index (Phi) is 0.983. The fraction of sp³-hybridized carbons (Fsp3) is 0.714. The van der Waals surface area contributed by atoms with Crippen molar-refractivity contribution < 1.29 is 0 Å². The van der Waals surface area contributed by atoms with E-state index in [2.05, 4.69) is 12.2 Å². The highest BCUT2D eigenvalue weighted by atomic mass is 31.1. The first-order valence-electron chi connectivity index (χ1n) is 3.27. The largest absolute Gasteiger partial charge is 0.121 e. The molecule has 0 amide bonds. The van der Waals surface area contributed by atoms with Crippen molar-refractivity contribution in [3.63, 3.8) is 0 Å². The summed E-state index contributed by atoms with van der Waals surface area (Å²) in [4.78, 5) is 0. The molecule has 8 heavy (non-hydrogen) atoms. The summed E-state index contributed by atoms with van der Waals surface area (Å²) in [6.45, 7) is 0. The van der Waals surface area contributed by atoms with Crippen LogP contribution in [0, 0.1) is 5.41 Å². The molecular weight excluding hydrogens is 115 g/mol. The van der Waals surface area contributed by atoms with E-state index >= 15 is 0 Å². The second-order valence-corrected chi connectivity index (χ2v) is 4.19. The van der Waals surface area contributed by atoms with Gasteiger partial charge in [0.05, 0.1) is 0 Å².